The molecule has 3 rings (SSSR count). The van der Waals surface area contributed by atoms with E-state index >= 15 is 0 Å². The second-order valence-corrected chi connectivity index (χ2v) is 6.84. The van der Waals surface area contributed by atoms with Gasteiger partial charge in [0.25, 0.3) is 0 Å². The highest BCUT2D eigenvalue weighted by molar-refractivity contribution is 7.17. The Morgan fingerprint density at radius 1 is 1.39 bits per heavy atom. The minimum Gasteiger partial charge on any atom is -0.381 e. The molecule has 23 heavy (non-hydrogen) atoms. The fourth-order valence-corrected chi connectivity index (χ4v) is 3.97. The monoisotopic (exact) mass is 354 g/mol. The van der Waals surface area contributed by atoms with Crippen LogP contribution in [-0.2, 0) is 16.1 Å². The van der Waals surface area contributed by atoms with Crippen molar-refractivity contribution in [1.29, 1.82) is 0 Å². The van der Waals surface area contributed by atoms with Crippen molar-refractivity contribution in [1.82, 2.24) is 4.90 Å². The number of rotatable bonds is 4. The van der Waals surface area contributed by atoms with E-state index in [1.165, 1.54) is 15.6 Å². The number of likely N-dealkylation sites (N-methyl/N-ethyl adjacent to an activating group) is 1. The molecule has 1 atom stereocenters. The molecule has 0 radical (unpaired) electrons. The first-order valence-corrected chi connectivity index (χ1v) is 8.58. The minimum absolute atomic E-state index is 0. The number of carbonyl (C=O) groups excluding carboxylic acids is 1. The number of hydrogen-bond acceptors (Lipinski definition) is 4. The van der Waals surface area contributed by atoms with Gasteiger partial charge in [-0.3, -0.25) is 4.79 Å². The van der Waals surface area contributed by atoms with Crippen LogP contribution in [0.4, 0.5) is 0 Å². The number of nitrogens with zero attached hydrogens (tertiary/aromatic N) is 1. The van der Waals surface area contributed by atoms with Gasteiger partial charge in [-0.25, -0.2) is 0 Å². The van der Waals surface area contributed by atoms with Crippen LogP contribution >= 0.6 is 23.7 Å². The Kier molecular flexibility index (Phi) is 6.41. The molecule has 126 valence electrons. The van der Waals surface area contributed by atoms with Gasteiger partial charge in [0.2, 0.25) is 5.91 Å². The normalized spacial score (nSPS) is 16.8. The van der Waals surface area contributed by atoms with Crippen LogP contribution in [0.25, 0.3) is 10.1 Å². The maximum atomic E-state index is 12.6. The standard InChI is InChI=1S/C17H22N2O2S.ClH/c1-19(17(20)16(18)12-6-8-21-9-7-12)10-13-11-22-15-5-3-2-4-14(13)15;/h2-5,11-12,16H,6-10,18H2,1H3;1H. The third-order valence-electron chi connectivity index (χ3n) is 4.40. The summed E-state index contributed by atoms with van der Waals surface area (Å²) in [6, 6.07) is 7.88. The first kappa shape index (κ1) is 18.2. The first-order chi connectivity index (χ1) is 10.7. The molecule has 4 nitrogen and oxygen atoms in total. The molecule has 0 spiro atoms. The van der Waals surface area contributed by atoms with Crippen molar-refractivity contribution in [3.63, 3.8) is 0 Å². The van der Waals surface area contributed by atoms with Gasteiger partial charge in [0.1, 0.15) is 0 Å². The van der Waals surface area contributed by atoms with Crippen LogP contribution in [0.5, 0.6) is 0 Å². The topological polar surface area (TPSA) is 55.6 Å². The molecule has 1 aromatic carbocycles. The molecule has 1 amide bonds. The maximum absolute atomic E-state index is 12.6. The number of hydrogen-bond donors (Lipinski definition) is 1. The van der Waals surface area contributed by atoms with Crippen LogP contribution in [0, 0.1) is 5.92 Å². The van der Waals surface area contributed by atoms with E-state index in [0.29, 0.717) is 19.8 Å². The van der Waals surface area contributed by atoms with Gasteiger partial charge in [0.15, 0.2) is 0 Å². The lowest BCUT2D eigenvalue weighted by Crippen LogP contribution is -2.47. The zero-order valence-electron chi connectivity index (χ0n) is 13.2. The second-order valence-electron chi connectivity index (χ2n) is 5.93. The van der Waals surface area contributed by atoms with Gasteiger partial charge in [0, 0.05) is 31.5 Å². The zero-order valence-corrected chi connectivity index (χ0v) is 14.9. The molecule has 2 heterocycles. The smallest absolute Gasteiger partial charge is 0.239 e. The Bertz CT molecular complexity index is 655. The van der Waals surface area contributed by atoms with Gasteiger partial charge in [-0.1, -0.05) is 18.2 Å². The highest BCUT2D eigenvalue weighted by Crippen LogP contribution is 2.27. The number of carbonyl (C=O) groups is 1. The Labute approximate surface area is 147 Å². The van der Waals surface area contributed by atoms with E-state index in [2.05, 4.69) is 17.5 Å². The molecule has 0 aliphatic carbocycles. The summed E-state index contributed by atoms with van der Waals surface area (Å²) in [5.74, 6) is 0.269. The predicted octanol–water partition coefficient (Wildman–Crippen LogP) is 3.04. The molecular weight excluding hydrogens is 332 g/mol. The number of benzene rings is 1. The Balaban J connectivity index is 0.00000192. The number of ether oxygens (including phenoxy) is 1. The summed E-state index contributed by atoms with van der Waals surface area (Å²) in [5, 5.41) is 3.36. The summed E-state index contributed by atoms with van der Waals surface area (Å²) in [4.78, 5) is 14.3. The fraction of sp³-hybridized carbons (Fsp3) is 0.471. The molecule has 1 fully saturated rings. The van der Waals surface area contributed by atoms with Crippen LogP contribution in [0.2, 0.25) is 0 Å². The lowest BCUT2D eigenvalue weighted by Gasteiger charge is -2.29. The Hall–Kier alpha value is -1.14. The van der Waals surface area contributed by atoms with E-state index in [-0.39, 0.29) is 24.2 Å². The molecule has 1 aliphatic rings. The summed E-state index contributed by atoms with van der Waals surface area (Å²) in [7, 11) is 1.84. The third kappa shape index (κ3) is 4.04. The largest absolute Gasteiger partial charge is 0.381 e. The van der Waals surface area contributed by atoms with E-state index in [4.69, 9.17) is 10.5 Å². The van der Waals surface area contributed by atoms with Crippen molar-refractivity contribution in [2.45, 2.75) is 25.4 Å². The second kappa shape index (κ2) is 8.11. The van der Waals surface area contributed by atoms with Crippen molar-refractivity contribution in [2.24, 2.45) is 11.7 Å². The lowest BCUT2D eigenvalue weighted by atomic mass is 9.91. The summed E-state index contributed by atoms with van der Waals surface area (Å²) in [6.45, 7) is 2.04. The fourth-order valence-electron chi connectivity index (χ4n) is 3.02. The average Bonchev–Trinajstić information content (AvgIpc) is 2.97. The minimum atomic E-state index is -0.418. The van der Waals surface area contributed by atoms with Crippen LogP contribution in [0.1, 0.15) is 18.4 Å². The van der Waals surface area contributed by atoms with Crippen LogP contribution in [-0.4, -0.2) is 37.1 Å². The lowest BCUT2D eigenvalue weighted by molar-refractivity contribution is -0.133. The molecule has 2 N–H and O–H groups in total. The molecule has 1 aromatic heterocycles. The molecule has 1 unspecified atom stereocenters. The van der Waals surface area contributed by atoms with Crippen molar-refractivity contribution in [3.8, 4) is 0 Å². The van der Waals surface area contributed by atoms with Crippen molar-refractivity contribution in [2.75, 3.05) is 20.3 Å². The van der Waals surface area contributed by atoms with Crippen molar-refractivity contribution < 1.29 is 9.53 Å². The highest BCUT2D eigenvalue weighted by atomic mass is 35.5. The first-order valence-electron chi connectivity index (χ1n) is 7.70. The number of halogens is 1. The third-order valence-corrected chi connectivity index (χ3v) is 5.42. The van der Waals surface area contributed by atoms with Gasteiger partial charge in [0.05, 0.1) is 6.04 Å². The summed E-state index contributed by atoms with van der Waals surface area (Å²) in [6.07, 6.45) is 1.75. The maximum Gasteiger partial charge on any atom is 0.239 e. The Morgan fingerprint density at radius 2 is 2.09 bits per heavy atom. The van der Waals surface area contributed by atoms with Crippen LogP contribution in [0.3, 0.4) is 0 Å². The van der Waals surface area contributed by atoms with E-state index in [1.54, 1.807) is 16.2 Å². The number of nitrogens with two attached hydrogens (primary N) is 1. The molecule has 0 saturated carbocycles. The summed E-state index contributed by atoms with van der Waals surface area (Å²) >= 11 is 1.72. The number of thiophene rings is 1. The number of fused-ring (bicyclic) bond motifs is 1. The summed E-state index contributed by atoms with van der Waals surface area (Å²) in [5.41, 5.74) is 7.38. The van der Waals surface area contributed by atoms with Crippen LogP contribution < -0.4 is 5.73 Å². The average molecular weight is 355 g/mol. The molecular formula is C17H23ClN2O2S. The van der Waals surface area contributed by atoms with Gasteiger partial charge in [-0.05, 0) is 41.2 Å². The molecule has 6 heteroatoms. The van der Waals surface area contributed by atoms with Crippen molar-refractivity contribution >= 4 is 39.7 Å². The molecule has 0 bridgehead atoms. The Morgan fingerprint density at radius 3 is 2.83 bits per heavy atom. The SMILES string of the molecule is CN(Cc1csc2ccccc12)C(=O)C(N)C1CCOCC1.Cl. The van der Waals surface area contributed by atoms with E-state index in [0.717, 1.165) is 12.8 Å². The van der Waals surface area contributed by atoms with Gasteiger partial charge >= 0.3 is 0 Å². The highest BCUT2D eigenvalue weighted by Gasteiger charge is 2.28. The van der Waals surface area contributed by atoms with Gasteiger partial charge < -0.3 is 15.4 Å². The van der Waals surface area contributed by atoms with Crippen molar-refractivity contribution in [3.05, 3.63) is 35.2 Å². The predicted molar refractivity (Wildman–Crippen MR) is 97.1 cm³/mol. The molecule has 2 aromatic rings. The zero-order chi connectivity index (χ0) is 15.5. The van der Waals surface area contributed by atoms with Gasteiger partial charge in [-0.15, -0.1) is 23.7 Å². The van der Waals surface area contributed by atoms with E-state index in [1.807, 2.05) is 19.2 Å². The van der Waals surface area contributed by atoms with Gasteiger partial charge in [-0.2, -0.15) is 0 Å². The van der Waals surface area contributed by atoms with E-state index in [9.17, 15) is 4.79 Å². The number of amides is 1. The van der Waals surface area contributed by atoms with E-state index < -0.39 is 6.04 Å². The van der Waals surface area contributed by atoms with Crippen LogP contribution in [0.15, 0.2) is 29.6 Å². The quantitative estimate of drug-likeness (QED) is 0.918. The molecule has 1 saturated heterocycles. The molecule has 1 aliphatic heterocycles. The summed E-state index contributed by atoms with van der Waals surface area (Å²) < 4.78 is 6.60.